The Kier molecular flexibility index (Phi) is 2.41. The van der Waals surface area contributed by atoms with Crippen LogP contribution in [0.3, 0.4) is 0 Å². The first kappa shape index (κ1) is 10.2. The fourth-order valence-corrected chi connectivity index (χ4v) is 2.79. The minimum atomic E-state index is -0.0776. The summed E-state index contributed by atoms with van der Waals surface area (Å²) >= 11 is 5.90. The van der Waals surface area contributed by atoms with E-state index in [-0.39, 0.29) is 11.7 Å². The number of amides is 1. The molecule has 1 aromatic rings. The number of carbonyl (C=O) groups is 1. The number of rotatable bonds is 1. The van der Waals surface area contributed by atoms with Gasteiger partial charge >= 0.3 is 0 Å². The van der Waals surface area contributed by atoms with Crippen molar-refractivity contribution in [1.82, 2.24) is 10.2 Å². The maximum atomic E-state index is 12.2. The zero-order valence-electron chi connectivity index (χ0n) is 8.78. The second kappa shape index (κ2) is 3.79. The third kappa shape index (κ3) is 1.53. The lowest BCUT2D eigenvalue weighted by Crippen LogP contribution is -2.36. The summed E-state index contributed by atoms with van der Waals surface area (Å²) in [6, 6.07) is 2.39. The maximum Gasteiger partial charge on any atom is 0.291 e. The van der Waals surface area contributed by atoms with Crippen LogP contribution in [0, 0.1) is 0 Å². The summed E-state index contributed by atoms with van der Waals surface area (Å²) in [7, 11) is 0. The van der Waals surface area contributed by atoms with E-state index in [1.165, 1.54) is 6.26 Å². The Morgan fingerprint density at radius 2 is 2.50 bits per heavy atom. The summed E-state index contributed by atoms with van der Waals surface area (Å²) in [5.41, 5.74) is 0. The molecule has 0 aliphatic carbocycles. The van der Waals surface area contributed by atoms with Gasteiger partial charge in [-0.25, -0.2) is 0 Å². The van der Waals surface area contributed by atoms with Crippen LogP contribution in [0.15, 0.2) is 16.7 Å². The van der Waals surface area contributed by atoms with Crippen LogP contribution in [0.5, 0.6) is 0 Å². The maximum absolute atomic E-state index is 12.2. The molecule has 2 fully saturated rings. The Morgan fingerprint density at radius 1 is 1.62 bits per heavy atom. The molecular weight excluding hydrogens is 228 g/mol. The van der Waals surface area contributed by atoms with Crippen molar-refractivity contribution in [3.63, 3.8) is 0 Å². The number of fused-ring (bicyclic) bond motifs is 2. The Balaban J connectivity index is 1.83. The van der Waals surface area contributed by atoms with Gasteiger partial charge in [-0.3, -0.25) is 4.79 Å². The highest BCUT2D eigenvalue weighted by molar-refractivity contribution is 6.33. The quantitative estimate of drug-likeness (QED) is 0.810. The summed E-state index contributed by atoms with van der Waals surface area (Å²) in [5, 5.41) is 3.80. The van der Waals surface area contributed by atoms with Gasteiger partial charge in [0.15, 0.2) is 0 Å². The highest BCUT2D eigenvalue weighted by Gasteiger charge is 2.39. The topological polar surface area (TPSA) is 45.5 Å². The Bertz CT molecular complexity index is 418. The van der Waals surface area contributed by atoms with Gasteiger partial charge in [0.05, 0.1) is 11.3 Å². The van der Waals surface area contributed by atoms with E-state index < -0.39 is 0 Å². The first-order valence-corrected chi connectivity index (χ1v) is 5.91. The molecule has 3 heterocycles. The lowest BCUT2D eigenvalue weighted by Gasteiger charge is -2.23. The Labute approximate surface area is 98.5 Å². The molecule has 2 atom stereocenters. The number of carbonyl (C=O) groups excluding carboxylic acids is 1. The number of hydrogen-bond acceptors (Lipinski definition) is 3. The van der Waals surface area contributed by atoms with E-state index in [9.17, 15) is 4.79 Å². The third-order valence-corrected chi connectivity index (χ3v) is 3.69. The average Bonchev–Trinajstić information content (AvgIpc) is 2.82. The molecule has 16 heavy (non-hydrogen) atoms. The van der Waals surface area contributed by atoms with Gasteiger partial charge in [-0.15, -0.1) is 0 Å². The van der Waals surface area contributed by atoms with Crippen LogP contribution in [0.4, 0.5) is 0 Å². The van der Waals surface area contributed by atoms with Crippen molar-refractivity contribution in [3.8, 4) is 0 Å². The van der Waals surface area contributed by atoms with Gasteiger partial charge in [0.1, 0.15) is 0 Å². The number of piperidine rings is 1. The number of nitrogens with zero attached hydrogens (tertiary/aromatic N) is 1. The van der Waals surface area contributed by atoms with E-state index in [2.05, 4.69) is 5.32 Å². The molecule has 2 unspecified atom stereocenters. The summed E-state index contributed by atoms with van der Waals surface area (Å²) in [4.78, 5) is 14.1. The van der Waals surface area contributed by atoms with Crippen LogP contribution in [0.1, 0.15) is 23.4 Å². The predicted molar refractivity (Wildman–Crippen MR) is 59.6 cm³/mol. The van der Waals surface area contributed by atoms with Gasteiger partial charge in [0, 0.05) is 18.6 Å². The average molecular weight is 241 g/mol. The molecule has 0 radical (unpaired) electrons. The van der Waals surface area contributed by atoms with Crippen LogP contribution in [0.25, 0.3) is 0 Å². The summed E-state index contributed by atoms with van der Waals surface area (Å²) in [5.74, 6) is 0.195. The lowest BCUT2D eigenvalue weighted by molar-refractivity contribution is 0.0704. The monoisotopic (exact) mass is 240 g/mol. The summed E-state index contributed by atoms with van der Waals surface area (Å²) in [6.07, 6.45) is 3.51. The lowest BCUT2D eigenvalue weighted by atomic mass is 10.1. The van der Waals surface area contributed by atoms with Crippen LogP contribution in [0.2, 0.25) is 5.02 Å². The third-order valence-electron chi connectivity index (χ3n) is 3.40. The second-order valence-corrected chi connectivity index (χ2v) is 4.79. The minimum Gasteiger partial charge on any atom is -0.458 e. The summed E-state index contributed by atoms with van der Waals surface area (Å²) in [6.45, 7) is 1.76. The number of nitrogens with one attached hydrogen (secondary N) is 1. The molecule has 1 N–H and O–H groups in total. The molecule has 2 saturated heterocycles. The number of likely N-dealkylation sites (tertiary alicyclic amines) is 1. The van der Waals surface area contributed by atoms with Crippen molar-refractivity contribution in [1.29, 1.82) is 0 Å². The molecule has 5 heteroatoms. The molecular formula is C11H13ClN2O2. The van der Waals surface area contributed by atoms with Crippen molar-refractivity contribution >= 4 is 17.5 Å². The van der Waals surface area contributed by atoms with E-state index in [0.29, 0.717) is 17.1 Å². The number of halogens is 1. The van der Waals surface area contributed by atoms with Crippen molar-refractivity contribution in [3.05, 3.63) is 23.1 Å². The van der Waals surface area contributed by atoms with Gasteiger partial charge in [0.2, 0.25) is 5.76 Å². The zero-order valence-corrected chi connectivity index (χ0v) is 9.54. The van der Waals surface area contributed by atoms with E-state index in [1.54, 1.807) is 6.07 Å². The van der Waals surface area contributed by atoms with Gasteiger partial charge in [-0.2, -0.15) is 0 Å². The number of furan rings is 1. The van der Waals surface area contributed by atoms with Crippen molar-refractivity contribution in [2.75, 3.05) is 13.1 Å². The largest absolute Gasteiger partial charge is 0.458 e. The molecule has 0 saturated carbocycles. The Hall–Kier alpha value is -1.00. The molecule has 4 nitrogen and oxygen atoms in total. The first-order chi connectivity index (χ1) is 7.75. The molecule has 3 rings (SSSR count). The smallest absolute Gasteiger partial charge is 0.291 e. The van der Waals surface area contributed by atoms with Crippen LogP contribution in [-0.4, -0.2) is 36.0 Å². The van der Waals surface area contributed by atoms with Crippen LogP contribution >= 0.6 is 11.6 Å². The van der Waals surface area contributed by atoms with E-state index in [4.69, 9.17) is 16.0 Å². The van der Waals surface area contributed by atoms with E-state index in [0.717, 1.165) is 25.9 Å². The molecule has 2 bridgehead atoms. The van der Waals surface area contributed by atoms with E-state index >= 15 is 0 Å². The van der Waals surface area contributed by atoms with Gasteiger partial charge in [-0.05, 0) is 25.5 Å². The van der Waals surface area contributed by atoms with Gasteiger partial charge in [-0.1, -0.05) is 11.6 Å². The van der Waals surface area contributed by atoms with Gasteiger partial charge < -0.3 is 14.6 Å². The highest BCUT2D eigenvalue weighted by Crippen LogP contribution is 2.28. The molecule has 2 aliphatic rings. The first-order valence-electron chi connectivity index (χ1n) is 5.53. The molecule has 1 aromatic heterocycles. The SMILES string of the molecule is O=C(c1occc1Cl)N1CC2CC1CCN2. The van der Waals surface area contributed by atoms with Crippen LogP contribution < -0.4 is 5.32 Å². The fraction of sp³-hybridized carbons (Fsp3) is 0.545. The second-order valence-electron chi connectivity index (χ2n) is 4.38. The Morgan fingerprint density at radius 3 is 3.19 bits per heavy atom. The summed E-state index contributed by atoms with van der Waals surface area (Å²) < 4.78 is 5.14. The van der Waals surface area contributed by atoms with Crippen molar-refractivity contribution in [2.45, 2.75) is 24.9 Å². The zero-order chi connectivity index (χ0) is 11.1. The van der Waals surface area contributed by atoms with Crippen LogP contribution in [-0.2, 0) is 0 Å². The fourth-order valence-electron chi connectivity index (χ4n) is 2.62. The van der Waals surface area contributed by atoms with Crippen molar-refractivity contribution < 1.29 is 9.21 Å². The molecule has 0 spiro atoms. The highest BCUT2D eigenvalue weighted by atomic mass is 35.5. The van der Waals surface area contributed by atoms with Gasteiger partial charge in [0.25, 0.3) is 5.91 Å². The molecule has 0 aromatic carbocycles. The minimum absolute atomic E-state index is 0.0776. The van der Waals surface area contributed by atoms with Crippen molar-refractivity contribution in [2.24, 2.45) is 0 Å². The predicted octanol–water partition coefficient (Wildman–Crippen LogP) is 1.51. The standard InChI is InChI=1S/C11H13ClN2O2/c12-9-2-4-16-10(9)11(15)14-6-7-5-8(14)1-3-13-7/h2,4,7-8,13H,1,3,5-6H2. The molecule has 1 amide bonds. The molecule has 2 aliphatic heterocycles. The molecule has 86 valence electrons. The van der Waals surface area contributed by atoms with E-state index in [1.807, 2.05) is 4.90 Å². The number of hydrogen-bond donors (Lipinski definition) is 1. The normalized spacial score (nSPS) is 28.4.